The quantitative estimate of drug-likeness (QED) is 0.183. The molecule has 2 aromatic heterocycles. The molecule has 3 heteroatoms. The molecule has 220 valence electrons. The monoisotopic (exact) mass is 617 g/mol. The van der Waals surface area contributed by atoms with E-state index in [2.05, 4.69) is 163 Å². The van der Waals surface area contributed by atoms with Gasteiger partial charge in [0, 0.05) is 47.7 Å². The van der Waals surface area contributed by atoms with Gasteiger partial charge in [-0.1, -0.05) is 103 Å². The molecular weight excluding hydrogens is 591 g/mol. The van der Waals surface area contributed by atoms with E-state index in [1.54, 1.807) is 0 Å². The number of para-hydroxylation sites is 1. The topological polar surface area (TPSA) is 16.4 Å². The van der Waals surface area contributed by atoms with E-state index in [1.165, 1.54) is 47.5 Å². The lowest BCUT2D eigenvalue weighted by atomic mass is 9.97. The number of anilines is 3. The average Bonchev–Trinajstić information content (AvgIpc) is 3.69. The van der Waals surface area contributed by atoms with E-state index in [9.17, 15) is 0 Å². The van der Waals surface area contributed by atoms with Crippen LogP contribution in [0, 0.1) is 0 Å². The molecule has 0 spiro atoms. The molecule has 0 aliphatic carbocycles. The van der Waals surface area contributed by atoms with Crippen molar-refractivity contribution in [3.8, 4) is 11.1 Å². The maximum absolute atomic E-state index is 6.37. The van der Waals surface area contributed by atoms with Crippen LogP contribution in [0.15, 0.2) is 168 Å². The zero-order valence-electron chi connectivity index (χ0n) is 25.4. The fourth-order valence-corrected chi connectivity index (χ4v) is 8.31. The molecule has 0 aliphatic rings. The third-order valence-corrected chi connectivity index (χ3v) is 10.6. The van der Waals surface area contributed by atoms with Crippen LogP contribution >= 0.6 is 11.3 Å². The van der Waals surface area contributed by atoms with E-state index in [1.807, 2.05) is 17.4 Å². The van der Waals surface area contributed by atoms with Gasteiger partial charge in [-0.05, 0) is 87.9 Å². The van der Waals surface area contributed by atoms with Crippen LogP contribution in [0.1, 0.15) is 0 Å². The molecule has 0 radical (unpaired) electrons. The lowest BCUT2D eigenvalue weighted by Crippen LogP contribution is -2.10. The summed E-state index contributed by atoms with van der Waals surface area (Å²) < 4.78 is 8.98. The third-order valence-electron chi connectivity index (χ3n) is 9.41. The lowest BCUT2D eigenvalue weighted by molar-refractivity contribution is 0.669. The number of thiophene rings is 1. The van der Waals surface area contributed by atoms with E-state index in [-0.39, 0.29) is 0 Å². The number of furan rings is 1. The Balaban J connectivity index is 1.28. The standard InChI is InChI=1S/C44H27NOS/c1-2-11-28(12-3-1)29-13-10-14-31(23-29)45(32-21-22-44-39(26-32)36-18-7-9-20-43(36)47-44)40-24-30-25-42-38(35-17-6-8-19-41(35)46-42)27-37(30)33-15-4-5-16-34(33)40/h1-27H. The highest BCUT2D eigenvalue weighted by molar-refractivity contribution is 7.25. The molecule has 0 saturated heterocycles. The Bertz CT molecular complexity index is 2810. The molecule has 0 unspecified atom stereocenters. The molecule has 0 N–H and O–H groups in total. The van der Waals surface area contributed by atoms with Crippen molar-refractivity contribution in [2.24, 2.45) is 0 Å². The van der Waals surface area contributed by atoms with Crippen molar-refractivity contribution >= 4 is 92.1 Å². The first kappa shape index (κ1) is 26.3. The number of rotatable bonds is 4. The summed E-state index contributed by atoms with van der Waals surface area (Å²) in [4.78, 5) is 2.43. The van der Waals surface area contributed by atoms with Crippen molar-refractivity contribution < 1.29 is 4.42 Å². The fraction of sp³-hybridized carbons (Fsp3) is 0. The first-order valence-corrected chi connectivity index (χ1v) is 16.7. The number of hydrogen-bond donors (Lipinski definition) is 0. The molecule has 47 heavy (non-hydrogen) atoms. The van der Waals surface area contributed by atoms with Crippen LogP contribution in [0.2, 0.25) is 0 Å². The SMILES string of the molecule is c1ccc(-c2cccc(N(c3ccc4sc5ccccc5c4c3)c3cc4cc5oc6ccccc6c5cc4c4ccccc34)c2)cc1. The largest absolute Gasteiger partial charge is 0.456 e. The minimum atomic E-state index is 0.906. The molecule has 2 heterocycles. The molecule has 0 atom stereocenters. The maximum Gasteiger partial charge on any atom is 0.136 e. The summed E-state index contributed by atoms with van der Waals surface area (Å²) in [6, 6.07) is 59.2. The molecule has 0 fully saturated rings. The Morgan fingerprint density at radius 1 is 0.383 bits per heavy atom. The van der Waals surface area contributed by atoms with Crippen molar-refractivity contribution in [3.05, 3.63) is 164 Å². The van der Waals surface area contributed by atoms with Crippen LogP contribution in [-0.4, -0.2) is 0 Å². The first-order chi connectivity index (χ1) is 23.3. The summed E-state index contributed by atoms with van der Waals surface area (Å²) >= 11 is 1.85. The molecule has 2 nitrogen and oxygen atoms in total. The summed E-state index contributed by atoms with van der Waals surface area (Å²) in [5.74, 6) is 0. The van der Waals surface area contributed by atoms with E-state index >= 15 is 0 Å². The molecular formula is C44H27NOS. The second-order valence-electron chi connectivity index (χ2n) is 12.1. The summed E-state index contributed by atoms with van der Waals surface area (Å²) in [7, 11) is 0. The van der Waals surface area contributed by atoms with Gasteiger partial charge < -0.3 is 9.32 Å². The first-order valence-electron chi connectivity index (χ1n) is 15.9. The van der Waals surface area contributed by atoms with Crippen molar-refractivity contribution in [1.82, 2.24) is 0 Å². The van der Waals surface area contributed by atoms with Gasteiger partial charge in [0.1, 0.15) is 11.2 Å². The zero-order chi connectivity index (χ0) is 30.9. The van der Waals surface area contributed by atoms with Crippen LogP contribution in [-0.2, 0) is 0 Å². The molecule has 10 aromatic rings. The van der Waals surface area contributed by atoms with Gasteiger partial charge in [0.15, 0.2) is 0 Å². The van der Waals surface area contributed by atoms with Crippen LogP contribution in [0.5, 0.6) is 0 Å². The Morgan fingerprint density at radius 2 is 1.09 bits per heavy atom. The third kappa shape index (κ3) is 4.17. The highest BCUT2D eigenvalue weighted by atomic mass is 32.1. The van der Waals surface area contributed by atoms with Gasteiger partial charge in [0.25, 0.3) is 0 Å². The zero-order valence-corrected chi connectivity index (χ0v) is 26.2. The van der Waals surface area contributed by atoms with Gasteiger partial charge in [-0.2, -0.15) is 0 Å². The van der Waals surface area contributed by atoms with Gasteiger partial charge in [-0.15, -0.1) is 11.3 Å². The predicted octanol–water partition coefficient (Wildman–Crippen LogP) is 13.4. The molecule has 0 amide bonds. The molecule has 8 aromatic carbocycles. The van der Waals surface area contributed by atoms with Gasteiger partial charge in [0.2, 0.25) is 0 Å². The van der Waals surface area contributed by atoms with Crippen molar-refractivity contribution in [3.63, 3.8) is 0 Å². The minimum Gasteiger partial charge on any atom is -0.456 e. The number of benzene rings is 8. The lowest BCUT2D eigenvalue weighted by Gasteiger charge is -2.28. The normalized spacial score (nSPS) is 11.8. The molecule has 10 rings (SSSR count). The average molecular weight is 618 g/mol. The van der Waals surface area contributed by atoms with Crippen LogP contribution < -0.4 is 4.90 Å². The van der Waals surface area contributed by atoms with Crippen LogP contribution in [0.4, 0.5) is 17.1 Å². The number of nitrogens with zero attached hydrogens (tertiary/aromatic N) is 1. The van der Waals surface area contributed by atoms with E-state index < -0.39 is 0 Å². The van der Waals surface area contributed by atoms with Crippen molar-refractivity contribution in [2.75, 3.05) is 4.90 Å². The van der Waals surface area contributed by atoms with E-state index in [0.717, 1.165) is 44.4 Å². The van der Waals surface area contributed by atoms with Crippen LogP contribution in [0.25, 0.3) is 74.8 Å². The Morgan fingerprint density at radius 3 is 1.98 bits per heavy atom. The number of hydrogen-bond acceptors (Lipinski definition) is 3. The van der Waals surface area contributed by atoms with Crippen molar-refractivity contribution in [2.45, 2.75) is 0 Å². The summed E-state index contributed by atoms with van der Waals surface area (Å²) in [6.07, 6.45) is 0. The van der Waals surface area contributed by atoms with Gasteiger partial charge in [-0.25, -0.2) is 0 Å². The fourth-order valence-electron chi connectivity index (χ4n) is 7.23. The Labute approximate surface area is 275 Å². The minimum absolute atomic E-state index is 0.906. The van der Waals surface area contributed by atoms with Gasteiger partial charge >= 0.3 is 0 Å². The smallest absolute Gasteiger partial charge is 0.136 e. The van der Waals surface area contributed by atoms with E-state index in [4.69, 9.17) is 4.42 Å². The number of fused-ring (bicyclic) bond motifs is 9. The van der Waals surface area contributed by atoms with Gasteiger partial charge in [0.05, 0.1) is 5.69 Å². The molecule has 0 saturated carbocycles. The summed E-state index contributed by atoms with van der Waals surface area (Å²) in [6.45, 7) is 0. The van der Waals surface area contributed by atoms with Gasteiger partial charge in [-0.3, -0.25) is 0 Å². The maximum atomic E-state index is 6.37. The van der Waals surface area contributed by atoms with Crippen LogP contribution in [0.3, 0.4) is 0 Å². The summed E-state index contributed by atoms with van der Waals surface area (Å²) in [5, 5.41) is 9.66. The molecule has 0 aliphatic heterocycles. The van der Waals surface area contributed by atoms with Crippen molar-refractivity contribution in [1.29, 1.82) is 0 Å². The van der Waals surface area contributed by atoms with E-state index in [0.29, 0.717) is 0 Å². The molecule has 0 bridgehead atoms. The second-order valence-corrected chi connectivity index (χ2v) is 13.2. The highest BCUT2D eigenvalue weighted by Crippen LogP contribution is 2.46. The predicted molar refractivity (Wildman–Crippen MR) is 202 cm³/mol. The highest BCUT2D eigenvalue weighted by Gasteiger charge is 2.20. The summed E-state index contributed by atoms with van der Waals surface area (Å²) in [5.41, 5.74) is 7.57. The second kappa shape index (κ2) is 10.3. The Kier molecular flexibility index (Phi) is 5.78. The Hall–Kier alpha value is -5.90.